The van der Waals surface area contributed by atoms with Crippen molar-refractivity contribution < 1.29 is 13.9 Å². The van der Waals surface area contributed by atoms with E-state index in [-0.39, 0.29) is 17.8 Å². The Bertz CT molecular complexity index is 958. The van der Waals surface area contributed by atoms with Crippen LogP contribution in [0.5, 0.6) is 5.75 Å². The number of hydrogen-bond acceptors (Lipinski definition) is 4. The largest absolute Gasteiger partial charge is 0.491 e. The lowest BCUT2D eigenvalue weighted by molar-refractivity contribution is 0.0953. The molecule has 3 rings (SSSR count). The number of nitrogens with one attached hydrogen (secondary N) is 2. The van der Waals surface area contributed by atoms with Gasteiger partial charge in [0, 0.05) is 18.4 Å². The second-order valence-electron chi connectivity index (χ2n) is 6.88. The lowest BCUT2D eigenvalue weighted by Gasteiger charge is -2.11. The third-order valence-electron chi connectivity index (χ3n) is 4.15. The summed E-state index contributed by atoms with van der Waals surface area (Å²) in [5, 5.41) is 6.02. The molecule has 0 bridgehead atoms. The number of carbonyl (C=O) groups is 1. The average Bonchev–Trinajstić information content (AvgIpc) is 2.71. The van der Waals surface area contributed by atoms with Crippen molar-refractivity contribution in [2.24, 2.45) is 0 Å². The van der Waals surface area contributed by atoms with Crippen LogP contribution in [0, 0.1) is 5.82 Å². The molecule has 1 amide bonds. The van der Waals surface area contributed by atoms with E-state index in [1.807, 2.05) is 38.1 Å². The maximum Gasteiger partial charge on any atom is 0.252 e. The van der Waals surface area contributed by atoms with Gasteiger partial charge >= 0.3 is 0 Å². The minimum absolute atomic E-state index is 0.117. The molecule has 0 aliphatic carbocycles. The van der Waals surface area contributed by atoms with Gasteiger partial charge in [-0.2, -0.15) is 0 Å². The smallest absolute Gasteiger partial charge is 0.252 e. The van der Waals surface area contributed by atoms with E-state index in [1.54, 1.807) is 30.5 Å². The van der Waals surface area contributed by atoms with Crippen molar-refractivity contribution in [1.82, 2.24) is 10.3 Å². The van der Waals surface area contributed by atoms with Crippen LogP contribution in [-0.4, -0.2) is 23.5 Å². The quantitative estimate of drug-likeness (QED) is 0.581. The van der Waals surface area contributed by atoms with E-state index in [4.69, 9.17) is 4.74 Å². The van der Waals surface area contributed by atoms with Crippen LogP contribution in [0.1, 0.15) is 29.8 Å². The zero-order valence-electron chi connectivity index (χ0n) is 16.5. The summed E-state index contributed by atoms with van der Waals surface area (Å²) in [5.74, 6) is 0.282. The average molecular weight is 393 g/mol. The molecule has 0 spiro atoms. The number of anilines is 2. The molecule has 1 aromatic heterocycles. The highest BCUT2D eigenvalue weighted by Gasteiger charge is 2.08. The Labute approximate surface area is 169 Å². The molecule has 150 valence electrons. The molecular formula is C23H24FN3O2. The maximum absolute atomic E-state index is 13.6. The fraction of sp³-hybridized carbons (Fsp3) is 0.217. The highest BCUT2D eigenvalue weighted by molar-refractivity contribution is 5.94. The van der Waals surface area contributed by atoms with Crippen molar-refractivity contribution in [2.45, 2.75) is 26.4 Å². The molecule has 0 radical (unpaired) electrons. The standard InChI is InChI=1S/C23H24FN3O2/c1-16(2)29-21-9-7-19(8-10-21)27-20-13-18(14-25-15-20)23(28)26-12-11-17-5-3-4-6-22(17)24/h3-10,13-16,27H,11-12H2,1-2H3,(H,26,28). The number of benzene rings is 2. The summed E-state index contributed by atoms with van der Waals surface area (Å²) in [7, 11) is 0. The van der Waals surface area contributed by atoms with E-state index < -0.39 is 0 Å². The molecule has 0 unspecified atom stereocenters. The van der Waals surface area contributed by atoms with Gasteiger partial charge in [0.25, 0.3) is 5.91 Å². The number of pyridine rings is 1. The van der Waals surface area contributed by atoms with Crippen molar-refractivity contribution in [3.8, 4) is 5.75 Å². The molecule has 0 aliphatic heterocycles. The van der Waals surface area contributed by atoms with Gasteiger partial charge in [-0.15, -0.1) is 0 Å². The summed E-state index contributed by atoms with van der Waals surface area (Å²) >= 11 is 0. The van der Waals surface area contributed by atoms with Crippen LogP contribution in [0.3, 0.4) is 0 Å². The highest BCUT2D eigenvalue weighted by atomic mass is 19.1. The van der Waals surface area contributed by atoms with E-state index in [0.29, 0.717) is 29.8 Å². The summed E-state index contributed by atoms with van der Waals surface area (Å²) in [4.78, 5) is 16.5. The van der Waals surface area contributed by atoms with Crippen molar-refractivity contribution in [3.63, 3.8) is 0 Å². The number of amides is 1. The Kier molecular flexibility index (Phi) is 6.79. The summed E-state index contributed by atoms with van der Waals surface area (Å²) in [5.41, 5.74) is 2.57. The highest BCUT2D eigenvalue weighted by Crippen LogP contribution is 2.21. The number of aromatic nitrogens is 1. The van der Waals surface area contributed by atoms with Crippen LogP contribution in [0.2, 0.25) is 0 Å². The van der Waals surface area contributed by atoms with Crippen molar-refractivity contribution in [1.29, 1.82) is 0 Å². The van der Waals surface area contributed by atoms with Crippen LogP contribution < -0.4 is 15.4 Å². The number of nitrogens with zero attached hydrogens (tertiary/aromatic N) is 1. The van der Waals surface area contributed by atoms with Gasteiger partial charge in [0.15, 0.2) is 0 Å². The molecule has 2 N–H and O–H groups in total. The zero-order valence-corrected chi connectivity index (χ0v) is 16.5. The van der Waals surface area contributed by atoms with E-state index in [1.165, 1.54) is 12.3 Å². The van der Waals surface area contributed by atoms with Crippen LogP contribution in [0.25, 0.3) is 0 Å². The number of rotatable bonds is 8. The summed E-state index contributed by atoms with van der Waals surface area (Å²) < 4.78 is 19.3. The first kappa shape index (κ1) is 20.3. The van der Waals surface area contributed by atoms with Gasteiger partial charge in [0.05, 0.1) is 23.6 Å². The van der Waals surface area contributed by atoms with E-state index >= 15 is 0 Å². The van der Waals surface area contributed by atoms with Gasteiger partial charge in [-0.05, 0) is 62.2 Å². The lowest BCUT2D eigenvalue weighted by Crippen LogP contribution is -2.26. The molecule has 29 heavy (non-hydrogen) atoms. The van der Waals surface area contributed by atoms with Gasteiger partial charge in [-0.3, -0.25) is 9.78 Å². The van der Waals surface area contributed by atoms with Gasteiger partial charge in [0.1, 0.15) is 11.6 Å². The second-order valence-corrected chi connectivity index (χ2v) is 6.88. The third kappa shape index (κ3) is 6.04. The Morgan fingerprint density at radius 2 is 1.83 bits per heavy atom. The monoisotopic (exact) mass is 393 g/mol. The molecule has 6 heteroatoms. The fourth-order valence-electron chi connectivity index (χ4n) is 2.80. The molecular weight excluding hydrogens is 369 g/mol. The van der Waals surface area contributed by atoms with Crippen LogP contribution in [-0.2, 0) is 6.42 Å². The second kappa shape index (κ2) is 9.68. The Hall–Kier alpha value is -3.41. The molecule has 0 fully saturated rings. The molecule has 1 heterocycles. The fourth-order valence-corrected chi connectivity index (χ4v) is 2.80. The third-order valence-corrected chi connectivity index (χ3v) is 4.15. The Morgan fingerprint density at radius 3 is 2.55 bits per heavy atom. The van der Waals surface area contributed by atoms with Crippen LogP contribution >= 0.6 is 0 Å². The zero-order chi connectivity index (χ0) is 20.6. The SMILES string of the molecule is CC(C)Oc1ccc(Nc2cncc(C(=O)NCCc3ccccc3F)c2)cc1. The molecule has 0 saturated carbocycles. The minimum atomic E-state index is -0.264. The van der Waals surface area contributed by atoms with Crippen LogP contribution in [0.4, 0.5) is 15.8 Å². The van der Waals surface area contributed by atoms with Gasteiger partial charge in [0.2, 0.25) is 0 Å². The number of carbonyl (C=O) groups excluding carboxylic acids is 1. The first-order valence-electron chi connectivity index (χ1n) is 9.51. The summed E-state index contributed by atoms with van der Waals surface area (Å²) in [6, 6.07) is 15.8. The lowest BCUT2D eigenvalue weighted by atomic mass is 10.1. The minimum Gasteiger partial charge on any atom is -0.491 e. The van der Waals surface area contributed by atoms with Crippen molar-refractivity contribution >= 4 is 17.3 Å². The summed E-state index contributed by atoms with van der Waals surface area (Å²) in [6.07, 6.45) is 3.69. The van der Waals surface area contributed by atoms with Gasteiger partial charge < -0.3 is 15.4 Å². The normalized spacial score (nSPS) is 10.6. The number of halogens is 1. The Morgan fingerprint density at radius 1 is 1.07 bits per heavy atom. The van der Waals surface area contributed by atoms with E-state index in [2.05, 4.69) is 15.6 Å². The van der Waals surface area contributed by atoms with Crippen molar-refractivity contribution in [2.75, 3.05) is 11.9 Å². The number of ether oxygens (including phenoxy) is 1. The maximum atomic E-state index is 13.6. The van der Waals surface area contributed by atoms with E-state index in [9.17, 15) is 9.18 Å². The topological polar surface area (TPSA) is 63.2 Å². The van der Waals surface area contributed by atoms with Crippen molar-refractivity contribution in [3.05, 3.63) is 83.9 Å². The van der Waals surface area contributed by atoms with Gasteiger partial charge in [-0.1, -0.05) is 18.2 Å². The Balaban J connectivity index is 1.57. The molecule has 3 aromatic rings. The molecule has 0 atom stereocenters. The molecule has 2 aromatic carbocycles. The first-order chi connectivity index (χ1) is 14.0. The molecule has 0 saturated heterocycles. The van der Waals surface area contributed by atoms with E-state index in [0.717, 1.165) is 11.4 Å². The molecule has 5 nitrogen and oxygen atoms in total. The van der Waals surface area contributed by atoms with Crippen LogP contribution in [0.15, 0.2) is 67.0 Å². The van der Waals surface area contributed by atoms with Gasteiger partial charge in [-0.25, -0.2) is 4.39 Å². The first-order valence-corrected chi connectivity index (χ1v) is 9.51. The number of hydrogen-bond donors (Lipinski definition) is 2. The molecule has 0 aliphatic rings. The summed E-state index contributed by atoms with van der Waals surface area (Å²) in [6.45, 7) is 4.30. The predicted octanol–water partition coefficient (Wildman–Crippen LogP) is 4.72. The predicted molar refractivity (Wildman–Crippen MR) is 112 cm³/mol.